The molecule has 0 aromatic heterocycles. The Bertz CT molecular complexity index is 143. The predicted molar refractivity (Wildman–Crippen MR) is 69.2 cm³/mol. The summed E-state index contributed by atoms with van der Waals surface area (Å²) in [6, 6.07) is 0. The Balaban J connectivity index is 3.74. The molecular formula is C13H28N2. The van der Waals surface area contributed by atoms with Gasteiger partial charge in [0.05, 0.1) is 0 Å². The van der Waals surface area contributed by atoms with E-state index in [0.29, 0.717) is 0 Å². The summed E-state index contributed by atoms with van der Waals surface area (Å²) in [4.78, 5) is 2.55. The van der Waals surface area contributed by atoms with E-state index in [2.05, 4.69) is 44.5 Å². The van der Waals surface area contributed by atoms with Gasteiger partial charge >= 0.3 is 0 Å². The maximum Gasteiger partial charge on any atom is 0.0132 e. The molecule has 0 aromatic carbocycles. The van der Waals surface area contributed by atoms with E-state index in [9.17, 15) is 0 Å². The van der Waals surface area contributed by atoms with Gasteiger partial charge in [-0.15, -0.1) is 6.58 Å². The van der Waals surface area contributed by atoms with Crippen LogP contribution in [0.25, 0.3) is 0 Å². The average molecular weight is 212 g/mol. The third kappa shape index (κ3) is 9.95. The molecule has 0 atom stereocenters. The Morgan fingerprint density at radius 3 is 2.07 bits per heavy atom. The molecule has 0 aliphatic heterocycles. The van der Waals surface area contributed by atoms with Crippen molar-refractivity contribution in [1.82, 2.24) is 10.2 Å². The highest BCUT2D eigenvalue weighted by Gasteiger charge is 2.08. The van der Waals surface area contributed by atoms with Gasteiger partial charge in [0.2, 0.25) is 0 Å². The lowest BCUT2D eigenvalue weighted by Gasteiger charge is -2.26. The van der Waals surface area contributed by atoms with Gasteiger partial charge in [0, 0.05) is 32.7 Å². The van der Waals surface area contributed by atoms with Gasteiger partial charge in [-0.2, -0.15) is 0 Å². The largest absolute Gasteiger partial charge is 0.312 e. The molecule has 0 heterocycles. The second-order valence-electron chi connectivity index (χ2n) is 5.04. The van der Waals surface area contributed by atoms with Crippen LogP contribution in [0, 0.1) is 11.8 Å². The molecule has 0 aliphatic rings. The van der Waals surface area contributed by atoms with E-state index in [1.54, 1.807) is 0 Å². The third-order valence-corrected chi connectivity index (χ3v) is 2.14. The van der Waals surface area contributed by atoms with Crippen molar-refractivity contribution < 1.29 is 0 Å². The zero-order chi connectivity index (χ0) is 11.7. The highest BCUT2D eigenvalue weighted by atomic mass is 15.1. The molecular weight excluding hydrogens is 184 g/mol. The van der Waals surface area contributed by atoms with Crippen molar-refractivity contribution in [3.8, 4) is 0 Å². The van der Waals surface area contributed by atoms with Crippen LogP contribution in [0.3, 0.4) is 0 Å². The second kappa shape index (κ2) is 8.93. The molecule has 0 saturated heterocycles. The SMILES string of the molecule is C=CCNCCN(CC(C)C)CC(C)C. The lowest BCUT2D eigenvalue weighted by atomic mass is 10.1. The Morgan fingerprint density at radius 1 is 1.13 bits per heavy atom. The van der Waals surface area contributed by atoms with Gasteiger partial charge in [-0.05, 0) is 11.8 Å². The smallest absolute Gasteiger partial charge is 0.0132 e. The maximum atomic E-state index is 3.70. The summed E-state index contributed by atoms with van der Waals surface area (Å²) in [6.45, 7) is 18.3. The van der Waals surface area contributed by atoms with Crippen molar-refractivity contribution >= 4 is 0 Å². The van der Waals surface area contributed by atoms with Crippen LogP contribution in [-0.4, -0.2) is 37.6 Å². The number of hydrogen-bond donors (Lipinski definition) is 1. The Hall–Kier alpha value is -0.340. The molecule has 0 rings (SSSR count). The zero-order valence-electron chi connectivity index (χ0n) is 10.9. The van der Waals surface area contributed by atoms with Gasteiger partial charge in [-0.3, -0.25) is 0 Å². The van der Waals surface area contributed by atoms with Crippen LogP contribution in [-0.2, 0) is 0 Å². The van der Waals surface area contributed by atoms with Crippen LogP contribution in [0.15, 0.2) is 12.7 Å². The van der Waals surface area contributed by atoms with Crippen molar-refractivity contribution in [3.63, 3.8) is 0 Å². The van der Waals surface area contributed by atoms with Crippen LogP contribution in [0.2, 0.25) is 0 Å². The third-order valence-electron chi connectivity index (χ3n) is 2.14. The van der Waals surface area contributed by atoms with E-state index in [4.69, 9.17) is 0 Å². The van der Waals surface area contributed by atoms with Gasteiger partial charge in [-0.1, -0.05) is 33.8 Å². The van der Waals surface area contributed by atoms with Crippen molar-refractivity contribution in [2.45, 2.75) is 27.7 Å². The van der Waals surface area contributed by atoms with Crippen LogP contribution >= 0.6 is 0 Å². The quantitative estimate of drug-likeness (QED) is 0.466. The molecule has 0 radical (unpaired) electrons. The van der Waals surface area contributed by atoms with Gasteiger partial charge in [0.15, 0.2) is 0 Å². The first-order valence-electron chi connectivity index (χ1n) is 6.10. The summed E-state index contributed by atoms with van der Waals surface area (Å²) < 4.78 is 0. The summed E-state index contributed by atoms with van der Waals surface area (Å²) in [7, 11) is 0. The molecule has 0 bridgehead atoms. The minimum absolute atomic E-state index is 0.753. The van der Waals surface area contributed by atoms with Gasteiger partial charge in [0.1, 0.15) is 0 Å². The number of nitrogens with one attached hydrogen (secondary N) is 1. The topological polar surface area (TPSA) is 15.3 Å². The molecule has 2 heteroatoms. The van der Waals surface area contributed by atoms with Crippen LogP contribution < -0.4 is 5.32 Å². The van der Waals surface area contributed by atoms with Crippen LogP contribution in [0.5, 0.6) is 0 Å². The first-order chi connectivity index (χ1) is 7.06. The average Bonchev–Trinajstić information content (AvgIpc) is 2.10. The van der Waals surface area contributed by atoms with Gasteiger partial charge < -0.3 is 10.2 Å². The molecule has 0 spiro atoms. The van der Waals surface area contributed by atoms with E-state index in [-0.39, 0.29) is 0 Å². The normalized spacial score (nSPS) is 11.7. The fraction of sp³-hybridized carbons (Fsp3) is 0.846. The Kier molecular flexibility index (Phi) is 8.73. The van der Waals surface area contributed by atoms with Crippen molar-refractivity contribution in [2.75, 3.05) is 32.7 Å². The van der Waals surface area contributed by atoms with Crippen LogP contribution in [0.1, 0.15) is 27.7 Å². The Morgan fingerprint density at radius 2 is 1.67 bits per heavy atom. The van der Waals surface area contributed by atoms with E-state index < -0.39 is 0 Å². The Labute approximate surface area is 95.7 Å². The summed E-state index contributed by atoms with van der Waals surface area (Å²) in [5, 5.41) is 3.35. The molecule has 0 unspecified atom stereocenters. The number of hydrogen-bond acceptors (Lipinski definition) is 2. The lowest BCUT2D eigenvalue weighted by Crippen LogP contribution is -2.37. The molecule has 90 valence electrons. The van der Waals surface area contributed by atoms with Gasteiger partial charge in [-0.25, -0.2) is 0 Å². The standard InChI is InChI=1S/C13H28N2/c1-6-7-14-8-9-15(10-12(2)3)11-13(4)5/h6,12-14H,1,7-11H2,2-5H3. The maximum absolute atomic E-state index is 3.70. The highest BCUT2D eigenvalue weighted by molar-refractivity contribution is 4.71. The van der Waals surface area contributed by atoms with E-state index in [1.807, 2.05) is 6.08 Å². The lowest BCUT2D eigenvalue weighted by molar-refractivity contribution is 0.220. The van der Waals surface area contributed by atoms with Crippen molar-refractivity contribution in [2.24, 2.45) is 11.8 Å². The monoisotopic (exact) mass is 212 g/mol. The van der Waals surface area contributed by atoms with Crippen molar-refractivity contribution in [3.05, 3.63) is 12.7 Å². The zero-order valence-corrected chi connectivity index (χ0v) is 10.9. The summed E-state index contributed by atoms with van der Waals surface area (Å²) in [5.41, 5.74) is 0. The first kappa shape index (κ1) is 14.7. The summed E-state index contributed by atoms with van der Waals surface area (Å²) in [5.74, 6) is 1.51. The summed E-state index contributed by atoms with van der Waals surface area (Å²) >= 11 is 0. The molecule has 0 fully saturated rings. The number of rotatable bonds is 9. The molecule has 15 heavy (non-hydrogen) atoms. The van der Waals surface area contributed by atoms with E-state index in [1.165, 1.54) is 13.1 Å². The molecule has 1 N–H and O–H groups in total. The minimum atomic E-state index is 0.753. The van der Waals surface area contributed by atoms with E-state index >= 15 is 0 Å². The molecule has 0 aliphatic carbocycles. The molecule has 0 saturated carbocycles. The predicted octanol–water partition coefficient (Wildman–Crippen LogP) is 2.38. The molecule has 0 aromatic rings. The fourth-order valence-corrected chi connectivity index (χ4v) is 1.73. The minimum Gasteiger partial charge on any atom is -0.312 e. The van der Waals surface area contributed by atoms with Crippen LogP contribution in [0.4, 0.5) is 0 Å². The highest BCUT2D eigenvalue weighted by Crippen LogP contribution is 2.02. The molecule has 0 amide bonds. The first-order valence-corrected chi connectivity index (χ1v) is 6.10. The van der Waals surface area contributed by atoms with E-state index in [0.717, 1.165) is 31.5 Å². The van der Waals surface area contributed by atoms with Gasteiger partial charge in [0.25, 0.3) is 0 Å². The number of nitrogens with zero attached hydrogens (tertiary/aromatic N) is 1. The second-order valence-corrected chi connectivity index (χ2v) is 5.04. The van der Waals surface area contributed by atoms with Crippen molar-refractivity contribution in [1.29, 1.82) is 0 Å². The fourth-order valence-electron chi connectivity index (χ4n) is 1.73. The molecule has 2 nitrogen and oxygen atoms in total. The summed E-state index contributed by atoms with van der Waals surface area (Å²) in [6.07, 6.45) is 1.91.